The van der Waals surface area contributed by atoms with Crippen LogP contribution >= 0.6 is 0 Å². The number of alkyl halides is 2. The predicted molar refractivity (Wildman–Crippen MR) is 56.1 cm³/mol. The van der Waals surface area contributed by atoms with E-state index in [4.69, 9.17) is 11.0 Å². The molecule has 0 radical (unpaired) electrons. The smallest absolute Gasteiger partial charge is 0.250 e. The molecule has 0 aromatic heterocycles. The molecule has 0 atom stereocenters. The maximum absolute atomic E-state index is 13.0. The average molecular weight is 222 g/mol. The van der Waals surface area contributed by atoms with E-state index in [2.05, 4.69) is 0 Å². The molecule has 0 unspecified atom stereocenters. The van der Waals surface area contributed by atoms with E-state index < -0.39 is 11.3 Å². The fraction of sp³-hybridized carbons (Fsp3) is 0.417. The number of rotatable bonds is 2. The van der Waals surface area contributed by atoms with Gasteiger partial charge in [-0.05, 0) is 17.7 Å². The molecule has 16 heavy (non-hydrogen) atoms. The maximum Gasteiger partial charge on any atom is 0.250 e. The van der Waals surface area contributed by atoms with Crippen molar-refractivity contribution in [2.45, 2.75) is 24.2 Å². The van der Waals surface area contributed by atoms with Crippen molar-refractivity contribution >= 4 is 0 Å². The highest BCUT2D eigenvalue weighted by atomic mass is 19.3. The van der Waals surface area contributed by atoms with Crippen LogP contribution in [0.2, 0.25) is 0 Å². The summed E-state index contributed by atoms with van der Waals surface area (Å²) >= 11 is 0. The number of hydrogen-bond donors (Lipinski definition) is 1. The van der Waals surface area contributed by atoms with Gasteiger partial charge in [-0.25, -0.2) is 8.78 Å². The Labute approximate surface area is 92.7 Å². The van der Waals surface area contributed by atoms with Gasteiger partial charge in [-0.1, -0.05) is 12.1 Å². The summed E-state index contributed by atoms with van der Waals surface area (Å²) in [6.45, 7) is 0.192. The summed E-state index contributed by atoms with van der Waals surface area (Å²) in [5.41, 5.74) is 6.19. The lowest BCUT2D eigenvalue weighted by molar-refractivity contribution is -0.123. The van der Waals surface area contributed by atoms with E-state index in [0.717, 1.165) is 5.56 Å². The van der Waals surface area contributed by atoms with Gasteiger partial charge >= 0.3 is 0 Å². The third kappa shape index (κ3) is 1.68. The van der Waals surface area contributed by atoms with E-state index in [1.165, 1.54) is 0 Å². The molecular formula is C12H12F2N2. The third-order valence-electron chi connectivity index (χ3n) is 3.19. The van der Waals surface area contributed by atoms with Crippen LogP contribution in [0.1, 0.15) is 24.0 Å². The average Bonchev–Trinajstić information content (AvgIpc) is 2.25. The van der Waals surface area contributed by atoms with Gasteiger partial charge in [0.15, 0.2) is 0 Å². The summed E-state index contributed by atoms with van der Waals surface area (Å²) in [6.07, 6.45) is -0.434. The molecule has 0 saturated heterocycles. The van der Waals surface area contributed by atoms with Gasteiger partial charge in [0.2, 0.25) is 5.92 Å². The Balaban J connectivity index is 2.33. The van der Waals surface area contributed by atoms with Gasteiger partial charge in [-0.2, -0.15) is 5.26 Å². The Morgan fingerprint density at radius 2 is 2.06 bits per heavy atom. The molecule has 0 bridgehead atoms. The first-order chi connectivity index (χ1) is 7.51. The molecule has 0 aliphatic heterocycles. The number of nitrogens with zero attached hydrogens (tertiary/aromatic N) is 1. The summed E-state index contributed by atoms with van der Waals surface area (Å²) in [6, 6.07) is 8.79. The molecular weight excluding hydrogens is 210 g/mol. The second-order valence-corrected chi connectivity index (χ2v) is 4.39. The Hall–Kier alpha value is -1.47. The Bertz CT molecular complexity index is 441. The second-order valence-electron chi connectivity index (χ2n) is 4.39. The lowest BCUT2D eigenvalue weighted by atomic mass is 9.62. The molecule has 0 spiro atoms. The fourth-order valence-corrected chi connectivity index (χ4v) is 2.32. The van der Waals surface area contributed by atoms with Gasteiger partial charge in [0.1, 0.15) is 0 Å². The molecule has 1 saturated carbocycles. The second kappa shape index (κ2) is 3.53. The summed E-state index contributed by atoms with van der Waals surface area (Å²) in [7, 11) is 0. The van der Waals surface area contributed by atoms with Crippen LogP contribution in [-0.2, 0) is 5.41 Å². The molecule has 84 valence electrons. The molecule has 1 aliphatic carbocycles. The molecule has 2 rings (SSSR count). The monoisotopic (exact) mass is 222 g/mol. The highest BCUT2D eigenvalue weighted by molar-refractivity contribution is 5.39. The van der Waals surface area contributed by atoms with Gasteiger partial charge in [-0.15, -0.1) is 0 Å². The van der Waals surface area contributed by atoms with E-state index in [9.17, 15) is 8.78 Å². The van der Waals surface area contributed by atoms with Crippen molar-refractivity contribution in [1.29, 1.82) is 5.26 Å². The van der Waals surface area contributed by atoms with Gasteiger partial charge in [0.25, 0.3) is 0 Å². The molecule has 2 N–H and O–H groups in total. The van der Waals surface area contributed by atoms with Crippen LogP contribution < -0.4 is 5.73 Å². The van der Waals surface area contributed by atoms with E-state index in [0.29, 0.717) is 5.56 Å². The summed E-state index contributed by atoms with van der Waals surface area (Å²) in [4.78, 5) is 0. The maximum atomic E-state index is 13.0. The highest BCUT2D eigenvalue weighted by Crippen LogP contribution is 2.52. The summed E-state index contributed by atoms with van der Waals surface area (Å²) < 4.78 is 25.9. The molecule has 1 aromatic carbocycles. The molecule has 1 aromatic rings. The highest BCUT2D eigenvalue weighted by Gasteiger charge is 2.56. The van der Waals surface area contributed by atoms with Crippen molar-refractivity contribution in [3.63, 3.8) is 0 Å². The van der Waals surface area contributed by atoms with Crippen LogP contribution in [-0.4, -0.2) is 12.5 Å². The number of nitrogens with two attached hydrogens (primary N) is 1. The SMILES string of the molecule is N#Cc1cccc(C2(CN)CC(F)(F)C2)c1. The largest absolute Gasteiger partial charge is 0.330 e. The van der Waals surface area contributed by atoms with Crippen molar-refractivity contribution in [2.24, 2.45) is 5.73 Å². The zero-order valence-corrected chi connectivity index (χ0v) is 8.71. The Morgan fingerprint density at radius 3 is 2.56 bits per heavy atom. The van der Waals surface area contributed by atoms with E-state index in [-0.39, 0.29) is 19.4 Å². The Morgan fingerprint density at radius 1 is 1.38 bits per heavy atom. The molecule has 1 aliphatic rings. The zero-order chi connectivity index (χ0) is 11.8. The molecule has 2 nitrogen and oxygen atoms in total. The van der Waals surface area contributed by atoms with Crippen LogP contribution in [0.3, 0.4) is 0 Å². The number of halogens is 2. The van der Waals surface area contributed by atoms with Crippen LogP contribution in [0, 0.1) is 11.3 Å². The van der Waals surface area contributed by atoms with Gasteiger partial charge in [0.05, 0.1) is 11.6 Å². The lowest BCUT2D eigenvalue weighted by Crippen LogP contribution is -2.53. The van der Waals surface area contributed by atoms with Crippen LogP contribution in [0.15, 0.2) is 24.3 Å². The van der Waals surface area contributed by atoms with Crippen molar-refractivity contribution in [3.8, 4) is 6.07 Å². The quantitative estimate of drug-likeness (QED) is 0.833. The molecule has 1 fully saturated rings. The lowest BCUT2D eigenvalue weighted by Gasteiger charge is -2.47. The number of nitriles is 1. The predicted octanol–water partition coefficient (Wildman–Crippen LogP) is 2.18. The molecule has 0 amide bonds. The Kier molecular flexibility index (Phi) is 2.43. The van der Waals surface area contributed by atoms with E-state index in [1.54, 1.807) is 24.3 Å². The summed E-state index contributed by atoms with van der Waals surface area (Å²) in [5, 5.41) is 8.76. The van der Waals surface area contributed by atoms with E-state index in [1.807, 2.05) is 6.07 Å². The van der Waals surface area contributed by atoms with E-state index >= 15 is 0 Å². The zero-order valence-electron chi connectivity index (χ0n) is 8.71. The third-order valence-corrected chi connectivity index (χ3v) is 3.19. The van der Waals surface area contributed by atoms with Crippen LogP contribution in [0.5, 0.6) is 0 Å². The van der Waals surface area contributed by atoms with Crippen LogP contribution in [0.25, 0.3) is 0 Å². The molecule has 0 heterocycles. The summed E-state index contributed by atoms with van der Waals surface area (Å²) in [5.74, 6) is -2.61. The minimum absolute atomic E-state index is 0.192. The van der Waals surface area contributed by atoms with Crippen molar-refractivity contribution in [3.05, 3.63) is 35.4 Å². The standard InChI is InChI=1S/C12H12F2N2/c13-12(14)6-11(7-12,8-16)10-3-1-2-9(4-10)5-15/h1-4H,6-8,16H2. The van der Waals surface area contributed by atoms with Crippen molar-refractivity contribution < 1.29 is 8.78 Å². The fourth-order valence-electron chi connectivity index (χ4n) is 2.32. The van der Waals surface area contributed by atoms with Crippen molar-refractivity contribution in [2.75, 3.05) is 6.54 Å². The van der Waals surface area contributed by atoms with Crippen molar-refractivity contribution in [1.82, 2.24) is 0 Å². The minimum atomic E-state index is -2.61. The first-order valence-corrected chi connectivity index (χ1v) is 5.10. The number of hydrogen-bond acceptors (Lipinski definition) is 2. The van der Waals surface area contributed by atoms with Gasteiger partial charge in [0, 0.05) is 24.8 Å². The molecule has 4 heteroatoms. The first kappa shape index (κ1) is 11.0. The number of benzene rings is 1. The van der Waals surface area contributed by atoms with Gasteiger partial charge in [-0.3, -0.25) is 0 Å². The minimum Gasteiger partial charge on any atom is -0.330 e. The van der Waals surface area contributed by atoms with Gasteiger partial charge < -0.3 is 5.73 Å². The normalized spacial score (nSPS) is 20.9. The topological polar surface area (TPSA) is 49.8 Å². The first-order valence-electron chi connectivity index (χ1n) is 5.10. The van der Waals surface area contributed by atoms with Crippen LogP contribution in [0.4, 0.5) is 8.78 Å².